The largest absolute Gasteiger partial charge is 0.448 e. The number of hydrogen-bond donors (Lipinski definition) is 1. The predicted molar refractivity (Wildman–Crippen MR) is 32.3 cm³/mol. The van der Waals surface area contributed by atoms with Gasteiger partial charge < -0.3 is 5.11 Å². The second kappa shape index (κ2) is 1.81. The molecule has 1 aliphatic rings. The Morgan fingerprint density at radius 3 is 2.75 bits per heavy atom. The molecule has 0 saturated carbocycles. The van der Waals surface area contributed by atoms with Crippen molar-refractivity contribution in [1.82, 2.24) is 0 Å². The van der Waals surface area contributed by atoms with Crippen LogP contribution in [0.25, 0.3) is 0 Å². The smallest absolute Gasteiger partial charge is 0.233 e. The average Bonchev–Trinajstić information content (AvgIpc) is 1.77. The number of allylic oxidation sites excluding steroid dienone is 5. The monoisotopic (exact) mass is 107 g/mol. The van der Waals surface area contributed by atoms with Crippen molar-refractivity contribution in [2.45, 2.75) is 6.92 Å². The highest BCUT2D eigenvalue weighted by Crippen LogP contribution is 2.08. The van der Waals surface area contributed by atoms with Gasteiger partial charge in [-0.05, 0) is 6.92 Å². The normalized spacial score (nSPS) is 16.6. The number of aliphatic hydroxyl groups is 1. The van der Waals surface area contributed by atoms with E-state index in [9.17, 15) is 0 Å². The van der Waals surface area contributed by atoms with E-state index in [-0.39, 0.29) is 0 Å². The van der Waals surface area contributed by atoms with Gasteiger partial charge in [-0.1, -0.05) is 0 Å². The highest BCUT2D eigenvalue weighted by Gasteiger charge is 2.06. The lowest BCUT2D eigenvalue weighted by Gasteiger charge is -1.87. The Balaban J connectivity index is 2.93. The lowest BCUT2D eigenvalue weighted by molar-refractivity contribution is 0.422. The Hall–Kier alpha value is -1.07. The Kier molecular flexibility index (Phi) is 1.15. The van der Waals surface area contributed by atoms with Gasteiger partial charge in [-0.2, -0.15) is 0 Å². The quantitative estimate of drug-likeness (QED) is 0.467. The van der Waals surface area contributed by atoms with Crippen molar-refractivity contribution in [3.8, 4) is 0 Å². The van der Waals surface area contributed by atoms with Crippen molar-refractivity contribution in [3.05, 3.63) is 35.6 Å². The molecule has 0 bridgehead atoms. The maximum atomic E-state index is 8.89. The second-order valence-corrected chi connectivity index (χ2v) is 1.68. The number of hydrogen-bond acceptors (Lipinski definition) is 1. The van der Waals surface area contributed by atoms with Crippen molar-refractivity contribution in [2.75, 3.05) is 0 Å². The zero-order chi connectivity index (χ0) is 5.98. The lowest BCUT2D eigenvalue weighted by Crippen LogP contribution is -1.84. The van der Waals surface area contributed by atoms with Crippen LogP contribution in [0.3, 0.4) is 0 Å². The van der Waals surface area contributed by atoms with Crippen LogP contribution in [0.5, 0.6) is 0 Å². The van der Waals surface area contributed by atoms with E-state index in [2.05, 4.69) is 6.08 Å². The molecule has 0 spiro atoms. The van der Waals surface area contributed by atoms with Crippen LogP contribution in [0.1, 0.15) is 6.92 Å². The summed E-state index contributed by atoms with van der Waals surface area (Å²) in [6, 6.07) is 0. The third-order valence-corrected chi connectivity index (χ3v) is 1.03. The first-order valence-corrected chi connectivity index (χ1v) is 2.47. The highest BCUT2D eigenvalue weighted by atomic mass is 16.3. The minimum absolute atomic E-state index is 0.313. The zero-order valence-electron chi connectivity index (χ0n) is 4.68. The minimum Gasteiger partial charge on any atom is -0.448 e. The summed E-state index contributed by atoms with van der Waals surface area (Å²) in [4.78, 5) is 0. The van der Waals surface area contributed by atoms with E-state index >= 15 is 0 Å². The van der Waals surface area contributed by atoms with Crippen molar-refractivity contribution < 1.29 is 5.11 Å². The summed E-state index contributed by atoms with van der Waals surface area (Å²) in [7, 11) is 0. The van der Waals surface area contributed by atoms with E-state index in [0.29, 0.717) is 5.76 Å². The lowest BCUT2D eigenvalue weighted by atomic mass is 10.1. The molecule has 0 aliphatic heterocycles. The van der Waals surface area contributed by atoms with E-state index in [1.165, 1.54) is 0 Å². The van der Waals surface area contributed by atoms with Gasteiger partial charge in [-0.3, -0.25) is 0 Å². The van der Waals surface area contributed by atoms with Gasteiger partial charge in [0.15, 0.2) is 5.57 Å². The molecule has 1 rings (SSSR count). The molecule has 0 heterocycles. The molecule has 1 N–H and O–H groups in total. The molecular weight excluding hydrogens is 100 g/mol. The summed E-state index contributed by atoms with van der Waals surface area (Å²) in [6.45, 7) is 1.81. The van der Waals surface area contributed by atoms with Crippen molar-refractivity contribution in [1.29, 1.82) is 0 Å². The molecule has 0 fully saturated rings. The first-order chi connectivity index (χ1) is 3.80. The van der Waals surface area contributed by atoms with Gasteiger partial charge in [0, 0.05) is 6.08 Å². The first-order valence-electron chi connectivity index (χ1n) is 2.47. The standard InChI is InChI=1S/C7H6O/c1-6-4-2-3-5-7(6)8/h2-3,5H,1H3/p+1. The van der Waals surface area contributed by atoms with E-state index in [1.807, 2.05) is 6.92 Å². The second-order valence-electron chi connectivity index (χ2n) is 1.68. The zero-order valence-corrected chi connectivity index (χ0v) is 4.68. The third-order valence-electron chi connectivity index (χ3n) is 1.03. The van der Waals surface area contributed by atoms with Gasteiger partial charge in [0.1, 0.15) is 6.08 Å². The van der Waals surface area contributed by atoms with Crippen LogP contribution in [-0.2, 0) is 0 Å². The van der Waals surface area contributed by atoms with Gasteiger partial charge in [0.05, 0.1) is 12.2 Å². The van der Waals surface area contributed by atoms with E-state index in [0.717, 1.165) is 5.57 Å². The Morgan fingerprint density at radius 2 is 2.38 bits per heavy atom. The Labute approximate surface area is 48.6 Å². The number of rotatable bonds is 0. The van der Waals surface area contributed by atoms with Crippen molar-refractivity contribution >= 4 is 0 Å². The van der Waals surface area contributed by atoms with Gasteiger partial charge in [-0.25, -0.2) is 0 Å². The predicted octanol–water partition coefficient (Wildman–Crippen LogP) is 1.75. The molecule has 40 valence electrons. The van der Waals surface area contributed by atoms with Gasteiger partial charge in [-0.15, -0.1) is 0 Å². The fraction of sp³-hybridized carbons (Fsp3) is 0.143. The van der Waals surface area contributed by atoms with Crippen LogP contribution in [0.15, 0.2) is 29.6 Å². The molecule has 0 atom stereocenters. The van der Waals surface area contributed by atoms with Gasteiger partial charge >= 0.3 is 0 Å². The molecule has 0 amide bonds. The topological polar surface area (TPSA) is 20.2 Å². The molecule has 0 unspecified atom stereocenters. The molecule has 0 saturated heterocycles. The maximum Gasteiger partial charge on any atom is 0.233 e. The summed E-state index contributed by atoms with van der Waals surface area (Å²) >= 11 is 0. The SMILES string of the molecule is CC1=[C+]C=CC=C1O. The Morgan fingerprint density at radius 1 is 1.62 bits per heavy atom. The molecule has 1 nitrogen and oxygen atoms in total. The highest BCUT2D eigenvalue weighted by molar-refractivity contribution is 5.31. The fourth-order valence-electron chi connectivity index (χ4n) is 0.511. The third kappa shape index (κ3) is 0.772. The summed E-state index contributed by atoms with van der Waals surface area (Å²) in [5.41, 5.74) is 0.799. The van der Waals surface area contributed by atoms with Crippen molar-refractivity contribution in [3.63, 3.8) is 0 Å². The van der Waals surface area contributed by atoms with Crippen LogP contribution < -0.4 is 0 Å². The van der Waals surface area contributed by atoms with Crippen LogP contribution in [0, 0.1) is 6.08 Å². The van der Waals surface area contributed by atoms with Crippen LogP contribution in [0.2, 0.25) is 0 Å². The molecule has 1 heteroatoms. The fourth-order valence-corrected chi connectivity index (χ4v) is 0.511. The number of aliphatic hydroxyl groups excluding tert-OH is 1. The minimum atomic E-state index is 0.313. The van der Waals surface area contributed by atoms with E-state index < -0.39 is 0 Å². The summed E-state index contributed by atoms with van der Waals surface area (Å²) in [5, 5.41) is 8.89. The summed E-state index contributed by atoms with van der Waals surface area (Å²) in [5.74, 6) is 0.313. The summed E-state index contributed by atoms with van der Waals surface area (Å²) < 4.78 is 0. The van der Waals surface area contributed by atoms with E-state index in [1.54, 1.807) is 18.2 Å². The van der Waals surface area contributed by atoms with Crippen LogP contribution in [0.4, 0.5) is 0 Å². The molecule has 0 aromatic carbocycles. The Bertz CT molecular complexity index is 153. The molecule has 1 aliphatic carbocycles. The molecule has 8 heavy (non-hydrogen) atoms. The van der Waals surface area contributed by atoms with Gasteiger partial charge in [0.2, 0.25) is 5.76 Å². The molecule has 0 aromatic heterocycles. The first kappa shape index (κ1) is 5.07. The average molecular weight is 107 g/mol. The van der Waals surface area contributed by atoms with Crippen LogP contribution >= 0.6 is 0 Å². The van der Waals surface area contributed by atoms with E-state index in [4.69, 9.17) is 5.11 Å². The molecule has 0 aromatic rings. The maximum absolute atomic E-state index is 8.89. The van der Waals surface area contributed by atoms with Gasteiger partial charge in [0.25, 0.3) is 0 Å². The summed E-state index contributed by atoms with van der Waals surface area (Å²) in [6.07, 6.45) is 8.02. The molecular formula is C7H7O+. The molecule has 0 radical (unpaired) electrons. The van der Waals surface area contributed by atoms with Crippen molar-refractivity contribution in [2.24, 2.45) is 0 Å². The van der Waals surface area contributed by atoms with Crippen LogP contribution in [-0.4, -0.2) is 5.11 Å².